The van der Waals surface area contributed by atoms with Crippen LogP contribution in [0.4, 0.5) is 0 Å². The summed E-state index contributed by atoms with van der Waals surface area (Å²) in [4.78, 5) is 19.7. The Morgan fingerprint density at radius 2 is 2.07 bits per heavy atom. The molecule has 2 rings (SSSR count). The summed E-state index contributed by atoms with van der Waals surface area (Å²) < 4.78 is 32.5. The summed E-state index contributed by atoms with van der Waals surface area (Å²) in [6.07, 6.45) is 1.54. The van der Waals surface area contributed by atoms with Crippen LogP contribution in [-0.2, 0) is 19.6 Å². The van der Waals surface area contributed by atoms with Crippen molar-refractivity contribution in [1.82, 2.24) is 19.8 Å². The molecule has 2 aliphatic heterocycles. The Hall–Kier alpha value is -0.660. The van der Waals surface area contributed by atoms with E-state index >= 15 is 0 Å². The van der Waals surface area contributed by atoms with Crippen LogP contribution in [0.3, 0.4) is 0 Å². The van der Waals surface area contributed by atoms with Crippen molar-refractivity contribution >= 4 is 45.9 Å². The summed E-state index contributed by atoms with van der Waals surface area (Å²) >= 11 is 0. The number of aliphatic imine (C=N–C) groups is 1. The predicted octanol–water partition coefficient (Wildman–Crippen LogP) is -0.312. The number of nitrogens with zero attached hydrogens (tertiary/aromatic N) is 3. The normalized spacial score (nSPS) is 23.2. The molecule has 27 heavy (non-hydrogen) atoms. The van der Waals surface area contributed by atoms with Gasteiger partial charge in [-0.25, -0.2) is 18.1 Å². The molecule has 0 bridgehead atoms. The molecule has 11 heteroatoms. The fourth-order valence-electron chi connectivity index (χ4n) is 3.02. The number of carbonyl (C=O) groups is 1. The highest BCUT2D eigenvalue weighted by Gasteiger charge is 2.34. The number of guanidine groups is 1. The van der Waals surface area contributed by atoms with Crippen molar-refractivity contribution < 1.29 is 17.9 Å². The minimum Gasteiger partial charge on any atom is -0.381 e. The highest BCUT2D eigenvalue weighted by molar-refractivity contribution is 14.0. The van der Waals surface area contributed by atoms with Crippen molar-refractivity contribution in [3.63, 3.8) is 0 Å². The number of carbonyl (C=O) groups excluding carboxylic acids is 1. The van der Waals surface area contributed by atoms with Crippen LogP contribution >= 0.6 is 24.0 Å². The van der Waals surface area contributed by atoms with E-state index in [4.69, 9.17) is 4.74 Å². The number of ether oxygens (including phenoxy) is 1. The van der Waals surface area contributed by atoms with Crippen LogP contribution in [0.25, 0.3) is 0 Å². The second-order valence-electron chi connectivity index (χ2n) is 6.94. The minimum absolute atomic E-state index is 0. The van der Waals surface area contributed by atoms with E-state index in [0.29, 0.717) is 51.1 Å². The Bertz CT molecular complexity index is 608. The summed E-state index contributed by atoms with van der Waals surface area (Å²) in [6.45, 7) is 5.36. The Kier molecular flexibility index (Phi) is 10.3. The number of likely N-dealkylation sites (tertiary alicyclic amines) is 1. The number of rotatable bonds is 7. The van der Waals surface area contributed by atoms with Crippen LogP contribution in [-0.4, -0.2) is 95.4 Å². The quantitative estimate of drug-likeness (QED) is 0.273. The predicted molar refractivity (Wildman–Crippen MR) is 116 cm³/mol. The first kappa shape index (κ1) is 24.4. The third-order valence-corrected chi connectivity index (χ3v) is 6.62. The number of hydrogen-bond acceptors (Lipinski definition) is 5. The van der Waals surface area contributed by atoms with Crippen LogP contribution in [0.2, 0.25) is 0 Å². The van der Waals surface area contributed by atoms with E-state index in [-0.39, 0.29) is 36.4 Å². The van der Waals surface area contributed by atoms with Gasteiger partial charge in [0.05, 0.1) is 11.9 Å². The largest absolute Gasteiger partial charge is 0.381 e. The lowest BCUT2D eigenvalue weighted by atomic mass is 10.1. The third kappa shape index (κ3) is 7.35. The van der Waals surface area contributed by atoms with Gasteiger partial charge in [-0.1, -0.05) is 6.92 Å². The molecule has 2 atom stereocenters. The van der Waals surface area contributed by atoms with Gasteiger partial charge in [0.2, 0.25) is 15.9 Å². The van der Waals surface area contributed by atoms with Crippen LogP contribution in [0.15, 0.2) is 4.99 Å². The zero-order valence-electron chi connectivity index (χ0n) is 16.3. The number of sulfonamides is 1. The first-order valence-electron chi connectivity index (χ1n) is 9.13. The van der Waals surface area contributed by atoms with E-state index in [1.807, 2.05) is 4.90 Å². The number of hydrogen-bond donors (Lipinski definition) is 2. The van der Waals surface area contributed by atoms with Crippen molar-refractivity contribution in [3.05, 3.63) is 0 Å². The molecule has 1 amide bonds. The molecule has 0 aliphatic carbocycles. The maximum Gasteiger partial charge on any atom is 0.243 e. The molecule has 0 aromatic heterocycles. The van der Waals surface area contributed by atoms with Crippen molar-refractivity contribution in [2.24, 2.45) is 10.9 Å². The molecule has 2 N–H and O–H groups in total. The average Bonchev–Trinajstić information content (AvgIpc) is 3.26. The van der Waals surface area contributed by atoms with E-state index in [0.717, 1.165) is 13.0 Å². The number of amides is 1. The van der Waals surface area contributed by atoms with Crippen LogP contribution < -0.4 is 10.0 Å². The first-order valence-corrected chi connectivity index (χ1v) is 10.7. The van der Waals surface area contributed by atoms with Gasteiger partial charge in [0, 0.05) is 52.8 Å². The summed E-state index contributed by atoms with van der Waals surface area (Å²) in [7, 11) is 0.0589. The van der Waals surface area contributed by atoms with Crippen LogP contribution in [0, 0.1) is 5.92 Å². The molecule has 2 saturated heterocycles. The molecular formula is C16H32IN5O4S. The number of halogens is 1. The maximum absolute atomic E-state index is 12.2. The molecule has 158 valence electrons. The molecule has 0 saturated carbocycles. The van der Waals surface area contributed by atoms with Crippen LogP contribution in [0.5, 0.6) is 0 Å². The highest BCUT2D eigenvalue weighted by atomic mass is 127. The van der Waals surface area contributed by atoms with E-state index in [1.54, 1.807) is 21.0 Å². The fraction of sp³-hybridized carbons (Fsp3) is 0.875. The first-order chi connectivity index (χ1) is 12.3. The smallest absolute Gasteiger partial charge is 0.243 e. The Morgan fingerprint density at radius 1 is 1.33 bits per heavy atom. The second kappa shape index (κ2) is 11.4. The van der Waals surface area contributed by atoms with Crippen molar-refractivity contribution in [2.45, 2.75) is 25.0 Å². The standard InChI is InChI=1S/C16H31N5O4S.HI/c1-4-19-26(23,24)14-5-7-21(11-14)16(18-10-15(22)20(2)3)17-9-13-6-8-25-12-13;/h13-14,19H,4-12H2,1-3H3,(H,17,18);1H. The van der Waals surface area contributed by atoms with Gasteiger partial charge >= 0.3 is 0 Å². The van der Waals surface area contributed by atoms with Crippen molar-refractivity contribution in [2.75, 3.05) is 60.0 Å². The molecule has 0 aromatic carbocycles. The fourth-order valence-corrected chi connectivity index (χ4v) is 4.45. The molecule has 0 radical (unpaired) electrons. The van der Waals surface area contributed by atoms with Gasteiger partial charge < -0.3 is 19.9 Å². The van der Waals surface area contributed by atoms with E-state index in [9.17, 15) is 13.2 Å². The number of nitrogens with one attached hydrogen (secondary N) is 2. The molecule has 9 nitrogen and oxygen atoms in total. The lowest BCUT2D eigenvalue weighted by molar-refractivity contribution is -0.127. The third-order valence-electron chi connectivity index (χ3n) is 4.66. The van der Waals surface area contributed by atoms with Gasteiger partial charge in [0.25, 0.3) is 0 Å². The lowest BCUT2D eigenvalue weighted by Crippen LogP contribution is -2.44. The highest BCUT2D eigenvalue weighted by Crippen LogP contribution is 2.17. The molecule has 2 unspecified atom stereocenters. The zero-order chi connectivity index (χ0) is 19.2. The summed E-state index contributed by atoms with van der Waals surface area (Å²) in [6, 6.07) is 0. The number of likely N-dealkylation sites (N-methyl/N-ethyl adjacent to an activating group) is 1. The summed E-state index contributed by atoms with van der Waals surface area (Å²) in [5.41, 5.74) is 0. The summed E-state index contributed by atoms with van der Waals surface area (Å²) in [5, 5.41) is 2.85. The van der Waals surface area contributed by atoms with Crippen molar-refractivity contribution in [3.8, 4) is 0 Å². The molecule has 0 aromatic rings. The van der Waals surface area contributed by atoms with E-state index < -0.39 is 15.3 Å². The second-order valence-corrected chi connectivity index (χ2v) is 8.98. The minimum atomic E-state index is -3.32. The monoisotopic (exact) mass is 517 g/mol. The molecule has 2 heterocycles. The Labute approximate surface area is 179 Å². The van der Waals surface area contributed by atoms with Gasteiger partial charge in [-0.2, -0.15) is 0 Å². The lowest BCUT2D eigenvalue weighted by Gasteiger charge is -2.23. The summed E-state index contributed by atoms with van der Waals surface area (Å²) in [5.74, 6) is 0.916. The van der Waals surface area contributed by atoms with Crippen LogP contribution in [0.1, 0.15) is 19.8 Å². The van der Waals surface area contributed by atoms with Gasteiger partial charge in [-0.05, 0) is 12.8 Å². The van der Waals surface area contributed by atoms with Gasteiger partial charge in [0.15, 0.2) is 5.96 Å². The van der Waals surface area contributed by atoms with Gasteiger partial charge in [-0.15, -0.1) is 24.0 Å². The zero-order valence-corrected chi connectivity index (χ0v) is 19.5. The topological polar surface area (TPSA) is 103 Å². The average molecular weight is 517 g/mol. The van der Waals surface area contributed by atoms with Crippen molar-refractivity contribution in [1.29, 1.82) is 0 Å². The Morgan fingerprint density at radius 3 is 2.67 bits per heavy atom. The molecule has 2 fully saturated rings. The SMILES string of the molecule is CCNS(=O)(=O)C1CCN(C(=NCC(=O)N(C)C)NCC2CCOC2)C1.I. The van der Waals surface area contributed by atoms with Gasteiger partial charge in [-0.3, -0.25) is 4.79 Å². The Balaban J connectivity index is 0.00000364. The van der Waals surface area contributed by atoms with E-state index in [1.165, 1.54) is 4.90 Å². The van der Waals surface area contributed by atoms with E-state index in [2.05, 4.69) is 15.0 Å². The van der Waals surface area contributed by atoms with Gasteiger partial charge in [0.1, 0.15) is 6.54 Å². The molecule has 2 aliphatic rings. The maximum atomic E-state index is 12.2. The molecule has 0 spiro atoms. The molecular weight excluding hydrogens is 485 g/mol.